The van der Waals surface area contributed by atoms with Gasteiger partial charge in [0.05, 0.1) is 10.9 Å². The predicted octanol–water partition coefficient (Wildman–Crippen LogP) is 2.58. The van der Waals surface area contributed by atoms with E-state index in [1.54, 1.807) is 0 Å². The lowest BCUT2D eigenvalue weighted by molar-refractivity contribution is -0.137. The van der Waals surface area contributed by atoms with Crippen LogP contribution < -0.4 is 0 Å². The summed E-state index contributed by atoms with van der Waals surface area (Å²) in [5, 5.41) is 6.68. The number of nitrogens with one attached hydrogen (secondary N) is 1. The molecule has 0 aromatic carbocycles. The lowest BCUT2D eigenvalue weighted by Crippen LogP contribution is -2.05. The first kappa shape index (κ1) is 9.69. The molecule has 2 aromatic rings. The zero-order valence-corrected chi connectivity index (χ0v) is 8.72. The number of nitrogens with zero attached hydrogens (tertiary/aromatic N) is 2. The number of fused-ring (bicyclic) bond motifs is 1. The largest absolute Gasteiger partial charge is 0.417 e. The summed E-state index contributed by atoms with van der Waals surface area (Å²) in [4.78, 5) is 3.60. The van der Waals surface area contributed by atoms with E-state index in [0.29, 0.717) is 14.7 Å². The van der Waals surface area contributed by atoms with Gasteiger partial charge in [-0.15, -0.1) is 0 Å². The van der Waals surface area contributed by atoms with Crippen LogP contribution in [0.1, 0.15) is 5.56 Å². The van der Waals surface area contributed by atoms with Crippen LogP contribution in [0.3, 0.4) is 0 Å². The molecule has 0 aliphatic rings. The quantitative estimate of drug-likeness (QED) is 0.760. The smallest absolute Gasteiger partial charge is 0.269 e. The Morgan fingerprint density at radius 2 is 2.07 bits per heavy atom. The van der Waals surface area contributed by atoms with Crippen molar-refractivity contribution in [3.05, 3.63) is 21.5 Å². The Balaban J connectivity index is 2.66. The molecule has 7 heteroatoms. The highest BCUT2D eigenvalue weighted by atomic mass is 127. The molecule has 0 saturated carbocycles. The van der Waals surface area contributed by atoms with Crippen molar-refractivity contribution < 1.29 is 13.2 Å². The van der Waals surface area contributed by atoms with Gasteiger partial charge in [0, 0.05) is 6.20 Å². The number of hydrogen-bond acceptors (Lipinski definition) is 2. The summed E-state index contributed by atoms with van der Waals surface area (Å²) in [6, 6.07) is 1.04. The molecule has 0 saturated heterocycles. The molecule has 2 heterocycles. The van der Waals surface area contributed by atoms with Crippen LogP contribution in [0.4, 0.5) is 13.2 Å². The first-order valence-electron chi connectivity index (χ1n) is 3.55. The molecule has 0 unspecified atom stereocenters. The Bertz CT molecular complexity index is 476. The minimum atomic E-state index is -4.36. The Morgan fingerprint density at radius 3 is 2.71 bits per heavy atom. The first-order valence-corrected chi connectivity index (χ1v) is 4.63. The third kappa shape index (κ3) is 1.56. The summed E-state index contributed by atoms with van der Waals surface area (Å²) in [7, 11) is 0. The molecule has 1 N–H and O–H groups in total. The summed E-state index contributed by atoms with van der Waals surface area (Å²) in [5.74, 6) is 0. The molecule has 14 heavy (non-hydrogen) atoms. The molecule has 0 atom stereocenters. The normalized spacial score (nSPS) is 12.3. The van der Waals surface area contributed by atoms with E-state index in [2.05, 4.69) is 15.2 Å². The Hall–Kier alpha value is -0.860. The van der Waals surface area contributed by atoms with Crippen LogP contribution in [0.15, 0.2) is 12.3 Å². The van der Waals surface area contributed by atoms with E-state index in [-0.39, 0.29) is 0 Å². The van der Waals surface area contributed by atoms with Gasteiger partial charge in [-0.1, -0.05) is 0 Å². The van der Waals surface area contributed by atoms with Crippen molar-refractivity contribution in [2.45, 2.75) is 6.18 Å². The van der Waals surface area contributed by atoms with Gasteiger partial charge in [0.2, 0.25) is 0 Å². The fourth-order valence-electron chi connectivity index (χ4n) is 1.03. The SMILES string of the molecule is FC(F)(F)c1cnc2n[nH]c(I)c2c1. The minimum Gasteiger partial charge on any atom is -0.269 e. The Morgan fingerprint density at radius 1 is 1.36 bits per heavy atom. The molecule has 2 aromatic heterocycles. The zero-order valence-electron chi connectivity index (χ0n) is 6.56. The molecule has 0 fully saturated rings. The average molecular weight is 313 g/mol. The van der Waals surface area contributed by atoms with Gasteiger partial charge in [-0.25, -0.2) is 4.98 Å². The third-order valence-electron chi connectivity index (χ3n) is 1.69. The molecular formula is C7H3F3IN3. The van der Waals surface area contributed by atoms with E-state index in [0.717, 1.165) is 12.3 Å². The Labute approximate surface area is 89.9 Å². The van der Waals surface area contributed by atoms with Crippen LogP contribution in [0.25, 0.3) is 11.0 Å². The maximum absolute atomic E-state index is 12.3. The first-order chi connectivity index (χ1) is 6.48. The predicted molar refractivity (Wildman–Crippen MR) is 51.6 cm³/mol. The molecule has 0 radical (unpaired) electrons. The van der Waals surface area contributed by atoms with Crippen LogP contribution in [0, 0.1) is 3.70 Å². The molecule has 0 amide bonds. The zero-order chi connectivity index (χ0) is 10.3. The number of hydrogen-bond donors (Lipinski definition) is 1. The van der Waals surface area contributed by atoms with Gasteiger partial charge in [0.25, 0.3) is 0 Å². The summed E-state index contributed by atoms with van der Waals surface area (Å²) < 4.78 is 37.4. The fourth-order valence-corrected chi connectivity index (χ4v) is 1.54. The molecule has 74 valence electrons. The molecule has 0 bridgehead atoms. The third-order valence-corrected chi connectivity index (χ3v) is 2.51. The van der Waals surface area contributed by atoms with Crippen molar-refractivity contribution in [3.8, 4) is 0 Å². The van der Waals surface area contributed by atoms with Gasteiger partial charge >= 0.3 is 6.18 Å². The number of alkyl halides is 3. The van der Waals surface area contributed by atoms with Gasteiger partial charge in [0.15, 0.2) is 5.65 Å². The van der Waals surface area contributed by atoms with Crippen molar-refractivity contribution in [3.63, 3.8) is 0 Å². The lowest BCUT2D eigenvalue weighted by atomic mass is 10.2. The van der Waals surface area contributed by atoms with Gasteiger partial charge in [-0.05, 0) is 28.7 Å². The van der Waals surface area contributed by atoms with Crippen LogP contribution in [0.2, 0.25) is 0 Å². The highest BCUT2D eigenvalue weighted by Crippen LogP contribution is 2.30. The van der Waals surface area contributed by atoms with E-state index in [1.165, 1.54) is 0 Å². The van der Waals surface area contributed by atoms with Gasteiger partial charge < -0.3 is 0 Å². The minimum absolute atomic E-state index is 0.294. The van der Waals surface area contributed by atoms with Crippen molar-refractivity contribution >= 4 is 33.6 Å². The number of rotatable bonds is 0. The molecule has 0 aliphatic heterocycles. The standard InChI is InChI=1S/C7H3F3IN3/c8-7(9,10)3-1-4-5(11)13-14-6(4)12-2-3/h1-2H,(H,12,13,14). The average Bonchev–Trinajstić information content (AvgIpc) is 2.46. The van der Waals surface area contributed by atoms with E-state index < -0.39 is 11.7 Å². The van der Waals surface area contributed by atoms with Crippen molar-refractivity contribution in [1.82, 2.24) is 15.2 Å². The van der Waals surface area contributed by atoms with Crippen molar-refractivity contribution in [2.24, 2.45) is 0 Å². The van der Waals surface area contributed by atoms with Crippen LogP contribution in [-0.2, 0) is 6.18 Å². The van der Waals surface area contributed by atoms with Crippen molar-refractivity contribution in [2.75, 3.05) is 0 Å². The number of H-pyrrole nitrogens is 1. The van der Waals surface area contributed by atoms with E-state index in [9.17, 15) is 13.2 Å². The fraction of sp³-hybridized carbons (Fsp3) is 0.143. The summed E-state index contributed by atoms with van der Waals surface area (Å²) in [5.41, 5.74) is -0.466. The molecule has 0 spiro atoms. The van der Waals surface area contributed by atoms with E-state index in [1.807, 2.05) is 22.6 Å². The second kappa shape index (κ2) is 3.07. The van der Waals surface area contributed by atoms with Crippen LogP contribution >= 0.6 is 22.6 Å². The number of aromatic nitrogens is 3. The van der Waals surface area contributed by atoms with Gasteiger partial charge in [-0.2, -0.15) is 18.3 Å². The Kier molecular flexibility index (Phi) is 2.13. The number of pyridine rings is 1. The van der Waals surface area contributed by atoms with Crippen LogP contribution in [0.5, 0.6) is 0 Å². The second-order valence-corrected chi connectivity index (χ2v) is 3.71. The monoisotopic (exact) mass is 313 g/mol. The van der Waals surface area contributed by atoms with Crippen molar-refractivity contribution in [1.29, 1.82) is 0 Å². The highest BCUT2D eigenvalue weighted by Gasteiger charge is 2.31. The lowest BCUT2D eigenvalue weighted by Gasteiger charge is -2.04. The van der Waals surface area contributed by atoms with Gasteiger partial charge in [-0.3, -0.25) is 5.10 Å². The molecule has 2 rings (SSSR count). The molecule has 0 aliphatic carbocycles. The maximum Gasteiger partial charge on any atom is 0.417 e. The molecular weight excluding hydrogens is 310 g/mol. The van der Waals surface area contributed by atoms with Gasteiger partial charge in [0.1, 0.15) is 3.70 Å². The number of aromatic amines is 1. The van der Waals surface area contributed by atoms with Crippen LogP contribution in [-0.4, -0.2) is 15.2 Å². The summed E-state index contributed by atoms with van der Waals surface area (Å²) in [6.07, 6.45) is -3.58. The summed E-state index contributed by atoms with van der Waals surface area (Å²) >= 11 is 1.87. The van der Waals surface area contributed by atoms with E-state index in [4.69, 9.17) is 0 Å². The number of halogens is 4. The highest BCUT2D eigenvalue weighted by molar-refractivity contribution is 14.1. The topological polar surface area (TPSA) is 41.6 Å². The summed E-state index contributed by atoms with van der Waals surface area (Å²) in [6.45, 7) is 0. The maximum atomic E-state index is 12.3. The second-order valence-electron chi connectivity index (χ2n) is 2.63. The van der Waals surface area contributed by atoms with E-state index >= 15 is 0 Å². The molecule has 3 nitrogen and oxygen atoms in total.